The van der Waals surface area contributed by atoms with Gasteiger partial charge in [0.15, 0.2) is 6.10 Å². The Morgan fingerprint density at radius 1 is 1.23 bits per heavy atom. The third-order valence-electron chi connectivity index (χ3n) is 4.90. The summed E-state index contributed by atoms with van der Waals surface area (Å²) in [7, 11) is 1.24. The second kappa shape index (κ2) is 6.62. The van der Waals surface area contributed by atoms with Crippen molar-refractivity contribution in [3.8, 4) is 11.5 Å². The summed E-state index contributed by atoms with van der Waals surface area (Å²) in [5.74, 6) is -2.87. The Kier molecular flexibility index (Phi) is 5.03. The van der Waals surface area contributed by atoms with Gasteiger partial charge in [0.05, 0.1) is 0 Å². The standard InChI is InChI=1S/C18H22O8/c1-7-6-10(19)8(2)14(11(7)17(23)24)26-16-13(21)9(3)12(20)15(22)18(16,4)25-5/h6,15-16,19-20,22H,1-5H3,(H,23,24)/t15-,16+,18+/m1/s1. The molecule has 1 aromatic carbocycles. The highest BCUT2D eigenvalue weighted by Gasteiger charge is 2.54. The number of hydrogen-bond acceptors (Lipinski definition) is 7. The van der Waals surface area contributed by atoms with Gasteiger partial charge in [0.2, 0.25) is 5.78 Å². The molecule has 0 aromatic heterocycles. The molecule has 3 atom stereocenters. The van der Waals surface area contributed by atoms with Crippen LogP contribution in [-0.4, -0.2) is 57.1 Å². The number of hydrogen-bond donors (Lipinski definition) is 4. The van der Waals surface area contributed by atoms with Gasteiger partial charge >= 0.3 is 5.97 Å². The van der Waals surface area contributed by atoms with E-state index in [9.17, 15) is 30.0 Å². The number of ether oxygens (including phenoxy) is 2. The molecule has 0 unspecified atom stereocenters. The molecule has 0 radical (unpaired) electrons. The van der Waals surface area contributed by atoms with Gasteiger partial charge in [-0.05, 0) is 39.3 Å². The molecule has 0 bridgehead atoms. The second-order valence-corrected chi connectivity index (χ2v) is 6.51. The van der Waals surface area contributed by atoms with Crippen molar-refractivity contribution in [1.29, 1.82) is 0 Å². The predicted octanol–water partition coefficient (Wildman–Crippen LogP) is 1.64. The summed E-state index contributed by atoms with van der Waals surface area (Å²) in [6.45, 7) is 5.63. The number of aryl methyl sites for hydroxylation is 1. The van der Waals surface area contributed by atoms with Gasteiger partial charge in [-0.1, -0.05) is 0 Å². The van der Waals surface area contributed by atoms with Crippen molar-refractivity contribution in [1.82, 2.24) is 0 Å². The van der Waals surface area contributed by atoms with E-state index in [0.29, 0.717) is 0 Å². The van der Waals surface area contributed by atoms with Gasteiger partial charge in [-0.15, -0.1) is 0 Å². The predicted molar refractivity (Wildman–Crippen MR) is 90.7 cm³/mol. The molecule has 1 aromatic rings. The van der Waals surface area contributed by atoms with Crippen LogP contribution in [0.5, 0.6) is 11.5 Å². The number of Topliss-reactive ketones (excluding diaryl/α,β-unsaturated/α-hetero) is 1. The quantitative estimate of drug-likeness (QED) is 0.632. The van der Waals surface area contributed by atoms with Crippen molar-refractivity contribution in [3.63, 3.8) is 0 Å². The van der Waals surface area contributed by atoms with Crippen LogP contribution in [0.1, 0.15) is 35.3 Å². The van der Waals surface area contributed by atoms with E-state index < -0.39 is 35.3 Å². The molecule has 0 aliphatic heterocycles. The van der Waals surface area contributed by atoms with Gasteiger partial charge in [-0.2, -0.15) is 0 Å². The highest BCUT2D eigenvalue weighted by Crippen LogP contribution is 2.39. The normalized spacial score (nSPS) is 26.2. The molecular formula is C18H22O8. The molecule has 8 heteroatoms. The number of benzene rings is 1. The van der Waals surface area contributed by atoms with E-state index in [0.717, 1.165) is 0 Å². The molecule has 0 fully saturated rings. The lowest BCUT2D eigenvalue weighted by atomic mass is 9.79. The van der Waals surface area contributed by atoms with Crippen molar-refractivity contribution in [2.45, 2.75) is 45.5 Å². The number of phenols is 1. The Morgan fingerprint density at radius 2 is 1.81 bits per heavy atom. The molecule has 0 saturated heterocycles. The molecule has 0 spiro atoms. The number of methoxy groups -OCH3 is 1. The van der Waals surface area contributed by atoms with Crippen molar-refractivity contribution in [3.05, 3.63) is 34.1 Å². The maximum absolute atomic E-state index is 12.7. The van der Waals surface area contributed by atoms with Crippen LogP contribution in [-0.2, 0) is 9.53 Å². The van der Waals surface area contributed by atoms with Crippen LogP contribution in [0.2, 0.25) is 0 Å². The first-order valence-corrected chi connectivity index (χ1v) is 7.87. The molecule has 2 rings (SSSR count). The lowest BCUT2D eigenvalue weighted by Crippen LogP contribution is -2.61. The minimum atomic E-state index is -1.66. The number of aliphatic hydroxyl groups excluding tert-OH is 2. The number of rotatable bonds is 4. The lowest BCUT2D eigenvalue weighted by molar-refractivity contribution is -0.165. The third kappa shape index (κ3) is 2.81. The highest BCUT2D eigenvalue weighted by atomic mass is 16.6. The van der Waals surface area contributed by atoms with E-state index in [2.05, 4.69) is 0 Å². The zero-order valence-corrected chi connectivity index (χ0v) is 15.2. The minimum absolute atomic E-state index is 0.108. The fourth-order valence-electron chi connectivity index (χ4n) is 2.99. The number of carboxylic acid groups (broad SMARTS) is 1. The van der Waals surface area contributed by atoms with Crippen LogP contribution in [0.25, 0.3) is 0 Å². The monoisotopic (exact) mass is 366 g/mol. The summed E-state index contributed by atoms with van der Waals surface area (Å²) < 4.78 is 11.0. The minimum Gasteiger partial charge on any atom is -0.509 e. The maximum Gasteiger partial charge on any atom is 0.339 e. The van der Waals surface area contributed by atoms with Crippen molar-refractivity contribution in [2.24, 2.45) is 0 Å². The number of carboxylic acids is 1. The lowest BCUT2D eigenvalue weighted by Gasteiger charge is -2.42. The largest absolute Gasteiger partial charge is 0.509 e. The van der Waals surface area contributed by atoms with Crippen LogP contribution in [0.4, 0.5) is 0 Å². The smallest absolute Gasteiger partial charge is 0.339 e. The Labute approximate surface area is 150 Å². The summed E-state index contributed by atoms with van der Waals surface area (Å²) in [4.78, 5) is 24.3. The number of carbonyl (C=O) groups is 2. The molecular weight excluding hydrogens is 344 g/mol. The van der Waals surface area contributed by atoms with Gasteiger partial charge in [-0.25, -0.2) is 4.79 Å². The zero-order chi connectivity index (χ0) is 20.0. The highest BCUT2D eigenvalue weighted by molar-refractivity contribution is 6.01. The molecule has 26 heavy (non-hydrogen) atoms. The van der Waals surface area contributed by atoms with Crippen LogP contribution in [0.3, 0.4) is 0 Å². The van der Waals surface area contributed by atoms with E-state index in [1.54, 1.807) is 0 Å². The zero-order valence-electron chi connectivity index (χ0n) is 15.2. The molecule has 1 aliphatic carbocycles. The van der Waals surface area contributed by atoms with E-state index in [4.69, 9.17) is 9.47 Å². The van der Waals surface area contributed by atoms with E-state index >= 15 is 0 Å². The average molecular weight is 366 g/mol. The first-order chi connectivity index (χ1) is 12.0. The Morgan fingerprint density at radius 3 is 2.31 bits per heavy atom. The Balaban J connectivity index is 2.67. The van der Waals surface area contributed by atoms with Gasteiger partial charge in [-0.3, -0.25) is 4.79 Å². The first-order valence-electron chi connectivity index (χ1n) is 7.87. The van der Waals surface area contributed by atoms with Gasteiger partial charge in [0, 0.05) is 18.2 Å². The van der Waals surface area contributed by atoms with Crippen molar-refractivity contribution in [2.75, 3.05) is 7.11 Å². The summed E-state index contributed by atoms with van der Waals surface area (Å²) in [6, 6.07) is 1.29. The number of carbonyl (C=O) groups excluding carboxylic acids is 1. The van der Waals surface area contributed by atoms with Gasteiger partial charge in [0.25, 0.3) is 0 Å². The van der Waals surface area contributed by atoms with E-state index in [1.807, 2.05) is 0 Å². The second-order valence-electron chi connectivity index (χ2n) is 6.51. The van der Waals surface area contributed by atoms with Crippen molar-refractivity contribution >= 4 is 11.8 Å². The third-order valence-corrected chi connectivity index (χ3v) is 4.90. The van der Waals surface area contributed by atoms with Gasteiger partial charge in [0.1, 0.15) is 34.5 Å². The van der Waals surface area contributed by atoms with Crippen molar-refractivity contribution < 1.29 is 39.5 Å². The van der Waals surface area contributed by atoms with Crippen LogP contribution < -0.4 is 4.74 Å². The number of aliphatic hydroxyl groups is 2. The number of ketones is 1. The molecule has 0 amide bonds. The molecule has 4 N–H and O–H groups in total. The summed E-state index contributed by atoms with van der Waals surface area (Å²) >= 11 is 0. The molecule has 8 nitrogen and oxygen atoms in total. The molecule has 142 valence electrons. The summed E-state index contributed by atoms with van der Waals surface area (Å²) in [5, 5.41) is 39.9. The molecule has 0 saturated carbocycles. The number of aromatic hydroxyl groups is 1. The van der Waals surface area contributed by atoms with E-state index in [1.165, 1.54) is 40.9 Å². The number of phenolic OH excluding ortho intramolecular Hbond substituents is 1. The summed E-state index contributed by atoms with van der Waals surface area (Å²) in [6.07, 6.45) is -2.99. The van der Waals surface area contributed by atoms with E-state index in [-0.39, 0.29) is 33.8 Å². The Hall–Kier alpha value is -2.58. The SMILES string of the molecule is CO[C@@]1(C)[C@H](O)C(O)=C(C)C(=O)[C@@H]1Oc1c(C)c(O)cc(C)c1C(=O)O. The maximum atomic E-state index is 12.7. The van der Waals surface area contributed by atoms with Crippen LogP contribution in [0.15, 0.2) is 17.4 Å². The fourth-order valence-corrected chi connectivity index (χ4v) is 2.99. The van der Waals surface area contributed by atoms with Gasteiger partial charge < -0.3 is 29.9 Å². The average Bonchev–Trinajstić information content (AvgIpc) is 2.58. The fraction of sp³-hybridized carbons (Fsp3) is 0.444. The topological polar surface area (TPSA) is 134 Å². The number of aromatic carboxylic acids is 1. The van der Waals surface area contributed by atoms with Crippen LogP contribution >= 0.6 is 0 Å². The summed E-state index contributed by atoms with van der Waals surface area (Å²) in [5.41, 5.74) is -1.61. The van der Waals surface area contributed by atoms with Crippen LogP contribution in [0, 0.1) is 13.8 Å². The first kappa shape index (κ1) is 19.7. The molecule has 0 heterocycles. The Bertz CT molecular complexity index is 810. The molecule has 1 aliphatic rings.